The van der Waals surface area contributed by atoms with Crippen LogP contribution in [0.1, 0.15) is 37.4 Å². The van der Waals surface area contributed by atoms with E-state index in [1.165, 1.54) is 50.1 Å². The van der Waals surface area contributed by atoms with Gasteiger partial charge in [0.2, 0.25) is 0 Å². The molecule has 2 rings (SSSR count). The smallest absolute Gasteiger partial charge is 0.0606 e. The Balaban J connectivity index is 2.01. The van der Waals surface area contributed by atoms with E-state index in [9.17, 15) is 0 Å². The maximum Gasteiger partial charge on any atom is 0.0606 e. The molecule has 1 unspecified atom stereocenters. The molecule has 0 aliphatic carbocycles. The van der Waals surface area contributed by atoms with Gasteiger partial charge in [-0.25, -0.2) is 0 Å². The normalized spacial score (nSPS) is 21.6. The minimum absolute atomic E-state index is 0.600. The van der Waals surface area contributed by atoms with Gasteiger partial charge >= 0.3 is 0 Å². The van der Waals surface area contributed by atoms with Crippen molar-refractivity contribution in [3.63, 3.8) is 0 Å². The standard InChI is InChI=1S/C15H25N3/c1-4-18-10-5-6-14(8-11-18)17-15-12(2)7-9-16-13(15)3/h7,9,14,17H,4-6,8,10-11H2,1-3H3. The fourth-order valence-electron chi connectivity index (χ4n) is 2.73. The van der Waals surface area contributed by atoms with Gasteiger partial charge < -0.3 is 10.2 Å². The lowest BCUT2D eigenvalue weighted by molar-refractivity contribution is 0.300. The average molecular weight is 247 g/mol. The maximum atomic E-state index is 4.39. The first-order chi connectivity index (χ1) is 8.70. The van der Waals surface area contributed by atoms with Crippen LogP contribution in [0, 0.1) is 13.8 Å². The highest BCUT2D eigenvalue weighted by molar-refractivity contribution is 5.54. The second kappa shape index (κ2) is 6.19. The van der Waals surface area contributed by atoms with E-state index in [1.54, 1.807) is 0 Å². The van der Waals surface area contributed by atoms with Gasteiger partial charge in [-0.3, -0.25) is 4.98 Å². The highest BCUT2D eigenvalue weighted by Gasteiger charge is 2.17. The average Bonchev–Trinajstić information content (AvgIpc) is 2.59. The molecule has 1 aromatic heterocycles. The van der Waals surface area contributed by atoms with Gasteiger partial charge in [0.1, 0.15) is 0 Å². The Morgan fingerprint density at radius 1 is 1.33 bits per heavy atom. The van der Waals surface area contributed by atoms with E-state index in [4.69, 9.17) is 0 Å². The van der Waals surface area contributed by atoms with Crippen LogP contribution in [0.5, 0.6) is 0 Å². The Hall–Kier alpha value is -1.09. The van der Waals surface area contributed by atoms with E-state index in [1.807, 2.05) is 6.20 Å². The van der Waals surface area contributed by atoms with Gasteiger partial charge in [-0.1, -0.05) is 6.92 Å². The molecule has 0 bridgehead atoms. The van der Waals surface area contributed by atoms with E-state index < -0.39 is 0 Å². The third-order valence-electron chi connectivity index (χ3n) is 3.97. The molecule has 1 atom stereocenters. The number of rotatable bonds is 3. The largest absolute Gasteiger partial charge is 0.381 e. The first-order valence-electron chi connectivity index (χ1n) is 7.11. The second-order valence-corrected chi connectivity index (χ2v) is 5.29. The number of anilines is 1. The fourth-order valence-corrected chi connectivity index (χ4v) is 2.73. The lowest BCUT2D eigenvalue weighted by Crippen LogP contribution is -2.26. The molecule has 1 aliphatic heterocycles. The molecule has 0 spiro atoms. The summed E-state index contributed by atoms with van der Waals surface area (Å²) in [5, 5.41) is 3.71. The van der Waals surface area contributed by atoms with Crippen LogP contribution in [0.4, 0.5) is 5.69 Å². The van der Waals surface area contributed by atoms with Gasteiger partial charge in [-0.15, -0.1) is 0 Å². The summed E-state index contributed by atoms with van der Waals surface area (Å²) in [6, 6.07) is 2.69. The van der Waals surface area contributed by atoms with Crippen molar-refractivity contribution in [3.05, 3.63) is 23.5 Å². The number of pyridine rings is 1. The molecule has 1 fully saturated rings. The third kappa shape index (κ3) is 3.22. The van der Waals surface area contributed by atoms with Gasteiger partial charge in [0.05, 0.1) is 11.4 Å². The Morgan fingerprint density at radius 3 is 2.89 bits per heavy atom. The zero-order valence-corrected chi connectivity index (χ0v) is 11.9. The molecule has 0 saturated carbocycles. The van der Waals surface area contributed by atoms with E-state index in [2.05, 4.69) is 42.0 Å². The van der Waals surface area contributed by atoms with E-state index >= 15 is 0 Å². The number of hydrogen-bond donors (Lipinski definition) is 1. The number of likely N-dealkylation sites (tertiary alicyclic amines) is 1. The number of aromatic nitrogens is 1. The molecule has 1 aliphatic rings. The molecule has 0 radical (unpaired) electrons. The number of aryl methyl sites for hydroxylation is 2. The van der Waals surface area contributed by atoms with Crippen molar-refractivity contribution in [2.24, 2.45) is 0 Å². The van der Waals surface area contributed by atoms with Crippen LogP contribution in [-0.2, 0) is 0 Å². The first-order valence-corrected chi connectivity index (χ1v) is 7.11. The van der Waals surface area contributed by atoms with Crippen LogP contribution in [0.2, 0.25) is 0 Å². The van der Waals surface area contributed by atoms with Crippen molar-refractivity contribution in [2.45, 2.75) is 46.1 Å². The van der Waals surface area contributed by atoms with Gasteiger partial charge in [0, 0.05) is 18.8 Å². The summed E-state index contributed by atoms with van der Waals surface area (Å²) >= 11 is 0. The van der Waals surface area contributed by atoms with Crippen LogP contribution >= 0.6 is 0 Å². The van der Waals surface area contributed by atoms with Crippen LogP contribution < -0.4 is 5.32 Å². The number of nitrogens with one attached hydrogen (secondary N) is 1. The molecule has 2 heterocycles. The number of hydrogen-bond acceptors (Lipinski definition) is 3. The minimum Gasteiger partial charge on any atom is -0.381 e. The zero-order valence-electron chi connectivity index (χ0n) is 11.9. The van der Waals surface area contributed by atoms with Crippen LogP contribution in [0.25, 0.3) is 0 Å². The lowest BCUT2D eigenvalue weighted by atomic mass is 10.1. The molecule has 0 aromatic carbocycles. The lowest BCUT2D eigenvalue weighted by Gasteiger charge is -2.21. The van der Waals surface area contributed by atoms with Gasteiger partial charge in [-0.2, -0.15) is 0 Å². The van der Waals surface area contributed by atoms with E-state index in [0.29, 0.717) is 6.04 Å². The van der Waals surface area contributed by atoms with Crippen molar-refractivity contribution >= 4 is 5.69 Å². The summed E-state index contributed by atoms with van der Waals surface area (Å²) in [5.74, 6) is 0. The van der Waals surface area contributed by atoms with Gasteiger partial charge in [-0.05, 0) is 57.8 Å². The minimum atomic E-state index is 0.600. The molecule has 1 aromatic rings. The van der Waals surface area contributed by atoms with Crippen molar-refractivity contribution in [1.29, 1.82) is 0 Å². The zero-order chi connectivity index (χ0) is 13.0. The Morgan fingerprint density at radius 2 is 2.17 bits per heavy atom. The second-order valence-electron chi connectivity index (χ2n) is 5.29. The highest BCUT2D eigenvalue weighted by atomic mass is 15.1. The van der Waals surface area contributed by atoms with E-state index in [-0.39, 0.29) is 0 Å². The molecule has 18 heavy (non-hydrogen) atoms. The molecule has 0 amide bonds. The Labute approximate surface area is 111 Å². The summed E-state index contributed by atoms with van der Waals surface area (Å²) in [5.41, 5.74) is 3.66. The van der Waals surface area contributed by atoms with Crippen molar-refractivity contribution < 1.29 is 0 Å². The van der Waals surface area contributed by atoms with Crippen LogP contribution in [0.3, 0.4) is 0 Å². The summed E-state index contributed by atoms with van der Waals surface area (Å²) in [6.07, 6.45) is 5.69. The summed E-state index contributed by atoms with van der Waals surface area (Å²) in [6.45, 7) is 10.1. The predicted octanol–water partition coefficient (Wildman–Crippen LogP) is 2.98. The molecule has 100 valence electrons. The molecular weight excluding hydrogens is 222 g/mol. The summed E-state index contributed by atoms with van der Waals surface area (Å²) in [7, 11) is 0. The molecule has 1 N–H and O–H groups in total. The summed E-state index contributed by atoms with van der Waals surface area (Å²) in [4.78, 5) is 6.93. The van der Waals surface area contributed by atoms with Crippen molar-refractivity contribution in [1.82, 2.24) is 9.88 Å². The molecule has 3 heteroatoms. The Kier molecular flexibility index (Phi) is 4.59. The monoisotopic (exact) mass is 247 g/mol. The van der Waals surface area contributed by atoms with Crippen molar-refractivity contribution in [2.75, 3.05) is 25.0 Å². The maximum absolute atomic E-state index is 4.39. The highest BCUT2D eigenvalue weighted by Crippen LogP contribution is 2.22. The number of nitrogens with zero attached hydrogens (tertiary/aromatic N) is 2. The van der Waals surface area contributed by atoms with Gasteiger partial charge in [0.15, 0.2) is 0 Å². The topological polar surface area (TPSA) is 28.2 Å². The molecular formula is C15H25N3. The third-order valence-corrected chi connectivity index (χ3v) is 3.97. The molecule has 3 nitrogen and oxygen atoms in total. The summed E-state index contributed by atoms with van der Waals surface area (Å²) < 4.78 is 0. The van der Waals surface area contributed by atoms with Crippen LogP contribution in [0.15, 0.2) is 12.3 Å². The Bertz CT molecular complexity index is 369. The van der Waals surface area contributed by atoms with Crippen LogP contribution in [-0.4, -0.2) is 35.6 Å². The predicted molar refractivity (Wildman–Crippen MR) is 77.1 cm³/mol. The quantitative estimate of drug-likeness (QED) is 0.890. The SMILES string of the molecule is CCN1CCCC(Nc2c(C)ccnc2C)CC1. The van der Waals surface area contributed by atoms with Gasteiger partial charge in [0.25, 0.3) is 0 Å². The van der Waals surface area contributed by atoms with Crippen molar-refractivity contribution in [3.8, 4) is 0 Å². The molecule has 1 saturated heterocycles. The fraction of sp³-hybridized carbons (Fsp3) is 0.667. The van der Waals surface area contributed by atoms with E-state index in [0.717, 1.165) is 5.69 Å². The first kappa shape index (κ1) is 13.3.